The molecule has 4 amide bonds. The highest BCUT2D eigenvalue weighted by Crippen LogP contribution is 2.35. The summed E-state index contributed by atoms with van der Waals surface area (Å²) in [5.41, 5.74) is 0.979. The maximum atomic E-state index is 12.6. The molecule has 1 aromatic heterocycles. The maximum Gasteiger partial charge on any atom is 0.325 e. The first-order valence-electron chi connectivity index (χ1n) is 9.28. The lowest BCUT2D eigenvalue weighted by atomic mass is 9.98. The van der Waals surface area contributed by atoms with Crippen molar-refractivity contribution >= 4 is 45.1 Å². The molecule has 1 spiro atoms. The first-order valence-corrected chi connectivity index (χ1v) is 10.1. The number of nitrogens with zero attached hydrogens (tertiary/aromatic N) is 2. The van der Waals surface area contributed by atoms with Gasteiger partial charge in [0.15, 0.2) is 0 Å². The fourth-order valence-electron chi connectivity index (χ4n) is 3.94. The number of aromatic nitrogens is 1. The van der Waals surface area contributed by atoms with E-state index in [4.69, 9.17) is 0 Å². The number of thiazole rings is 1. The number of carbonyl (C=O) groups excluding carboxylic acids is 3. The van der Waals surface area contributed by atoms with Crippen LogP contribution in [0, 0.1) is 6.92 Å². The number of hydrogen-bond acceptors (Lipinski definition) is 5. The van der Waals surface area contributed by atoms with Crippen LogP contribution in [-0.4, -0.2) is 39.8 Å². The summed E-state index contributed by atoms with van der Waals surface area (Å²) in [4.78, 5) is 42.6. The Morgan fingerprint density at radius 1 is 1.33 bits per heavy atom. The minimum Gasteiger partial charge on any atom is -0.326 e. The number of imide groups is 1. The predicted octanol–water partition coefficient (Wildman–Crippen LogP) is 3.19. The van der Waals surface area contributed by atoms with Crippen molar-refractivity contribution in [2.45, 2.75) is 51.0 Å². The number of anilines is 1. The first-order chi connectivity index (χ1) is 13.0. The largest absolute Gasteiger partial charge is 0.326 e. The van der Waals surface area contributed by atoms with Crippen LogP contribution in [0.25, 0.3) is 10.2 Å². The number of amides is 4. The molecule has 4 rings (SSSR count). The molecule has 1 saturated heterocycles. The van der Waals surface area contributed by atoms with Gasteiger partial charge >= 0.3 is 6.03 Å². The molecule has 1 aromatic carbocycles. The highest BCUT2D eigenvalue weighted by molar-refractivity contribution is 7.18. The van der Waals surface area contributed by atoms with Crippen molar-refractivity contribution in [1.82, 2.24) is 15.2 Å². The molecule has 2 aromatic rings. The molecule has 1 aliphatic carbocycles. The van der Waals surface area contributed by atoms with Gasteiger partial charge < -0.3 is 10.6 Å². The van der Waals surface area contributed by atoms with E-state index in [2.05, 4.69) is 15.6 Å². The number of hydrogen-bond donors (Lipinski definition) is 2. The van der Waals surface area contributed by atoms with Crippen LogP contribution < -0.4 is 10.6 Å². The third-order valence-electron chi connectivity index (χ3n) is 5.27. The Labute approximate surface area is 161 Å². The summed E-state index contributed by atoms with van der Waals surface area (Å²) in [6, 6.07) is 5.32. The molecule has 0 atom stereocenters. The molecule has 27 heavy (non-hydrogen) atoms. The normalized spacial score (nSPS) is 18.5. The van der Waals surface area contributed by atoms with Gasteiger partial charge in [0.1, 0.15) is 5.54 Å². The number of carbonyl (C=O) groups is 3. The Bertz CT molecular complexity index is 917. The number of urea groups is 1. The standard InChI is InChI=1S/C19H22N4O3S/c1-12-20-14-7-6-13(11-15(14)27-12)21-16(24)5-4-10-23-17(25)19(22-18(23)26)8-2-3-9-19/h6-7,11H,2-5,8-10H2,1H3,(H,21,24)(H,22,26). The lowest BCUT2D eigenvalue weighted by Crippen LogP contribution is -2.44. The van der Waals surface area contributed by atoms with Crippen molar-refractivity contribution in [3.05, 3.63) is 23.2 Å². The predicted molar refractivity (Wildman–Crippen MR) is 104 cm³/mol. The molecule has 0 unspecified atom stereocenters. The average Bonchev–Trinajstić information content (AvgIpc) is 3.29. The van der Waals surface area contributed by atoms with E-state index in [9.17, 15) is 14.4 Å². The Morgan fingerprint density at radius 2 is 2.11 bits per heavy atom. The van der Waals surface area contributed by atoms with Gasteiger partial charge in [-0.3, -0.25) is 14.5 Å². The van der Waals surface area contributed by atoms with E-state index >= 15 is 0 Å². The highest BCUT2D eigenvalue weighted by atomic mass is 32.1. The van der Waals surface area contributed by atoms with Gasteiger partial charge in [-0.25, -0.2) is 9.78 Å². The van der Waals surface area contributed by atoms with Gasteiger partial charge in [0.25, 0.3) is 5.91 Å². The van der Waals surface area contributed by atoms with Crippen LogP contribution in [0.15, 0.2) is 18.2 Å². The summed E-state index contributed by atoms with van der Waals surface area (Å²) < 4.78 is 1.03. The second-order valence-electron chi connectivity index (χ2n) is 7.24. The lowest BCUT2D eigenvalue weighted by Gasteiger charge is -2.19. The number of aryl methyl sites for hydroxylation is 1. The molecule has 2 fully saturated rings. The molecule has 0 bridgehead atoms. The van der Waals surface area contributed by atoms with E-state index in [1.807, 2.05) is 25.1 Å². The Hall–Kier alpha value is -2.48. The summed E-state index contributed by atoms with van der Waals surface area (Å²) in [7, 11) is 0. The monoisotopic (exact) mass is 386 g/mol. The zero-order valence-electron chi connectivity index (χ0n) is 15.2. The minimum absolute atomic E-state index is 0.127. The van der Waals surface area contributed by atoms with Crippen LogP contribution in [0.5, 0.6) is 0 Å². The van der Waals surface area contributed by atoms with Crippen LogP contribution >= 0.6 is 11.3 Å². The SMILES string of the molecule is Cc1nc2ccc(NC(=O)CCCN3C(=O)NC4(CCCC4)C3=O)cc2s1. The van der Waals surface area contributed by atoms with E-state index in [1.54, 1.807) is 11.3 Å². The van der Waals surface area contributed by atoms with Crippen molar-refractivity contribution in [1.29, 1.82) is 0 Å². The molecule has 2 N–H and O–H groups in total. The van der Waals surface area contributed by atoms with Crippen LogP contribution in [0.1, 0.15) is 43.5 Å². The van der Waals surface area contributed by atoms with Gasteiger partial charge in [-0.15, -0.1) is 11.3 Å². The average molecular weight is 386 g/mol. The number of fused-ring (bicyclic) bond motifs is 1. The summed E-state index contributed by atoms with van der Waals surface area (Å²) in [5, 5.41) is 6.72. The third kappa shape index (κ3) is 3.41. The van der Waals surface area contributed by atoms with E-state index in [0.717, 1.165) is 33.8 Å². The Kier molecular flexibility index (Phi) is 4.59. The molecule has 1 saturated carbocycles. The second kappa shape index (κ2) is 6.92. The van der Waals surface area contributed by atoms with Crippen LogP contribution in [-0.2, 0) is 9.59 Å². The van der Waals surface area contributed by atoms with Gasteiger partial charge in [0.2, 0.25) is 5.91 Å². The van der Waals surface area contributed by atoms with Gasteiger partial charge in [-0.1, -0.05) is 12.8 Å². The Balaban J connectivity index is 1.30. The Morgan fingerprint density at radius 3 is 2.89 bits per heavy atom. The van der Waals surface area contributed by atoms with Gasteiger partial charge in [0.05, 0.1) is 15.2 Å². The lowest BCUT2D eigenvalue weighted by molar-refractivity contribution is -0.131. The quantitative estimate of drug-likeness (QED) is 0.772. The molecule has 0 radical (unpaired) electrons. The maximum absolute atomic E-state index is 12.6. The van der Waals surface area contributed by atoms with Gasteiger partial charge in [-0.2, -0.15) is 0 Å². The van der Waals surface area contributed by atoms with Gasteiger partial charge in [-0.05, 0) is 44.4 Å². The van der Waals surface area contributed by atoms with Crippen molar-refractivity contribution in [3.8, 4) is 0 Å². The molecular weight excluding hydrogens is 364 g/mol. The summed E-state index contributed by atoms with van der Waals surface area (Å²) in [6.45, 7) is 2.22. The van der Waals surface area contributed by atoms with E-state index in [0.29, 0.717) is 19.3 Å². The summed E-state index contributed by atoms with van der Waals surface area (Å²) in [6.07, 6.45) is 4.06. The summed E-state index contributed by atoms with van der Waals surface area (Å²) >= 11 is 1.59. The van der Waals surface area contributed by atoms with Gasteiger partial charge in [0, 0.05) is 18.7 Å². The fourth-order valence-corrected chi connectivity index (χ4v) is 4.80. The number of rotatable bonds is 5. The number of nitrogens with one attached hydrogen (secondary N) is 2. The van der Waals surface area contributed by atoms with Crippen molar-refractivity contribution in [2.24, 2.45) is 0 Å². The zero-order valence-corrected chi connectivity index (χ0v) is 16.0. The summed E-state index contributed by atoms with van der Waals surface area (Å²) in [5.74, 6) is -0.255. The van der Waals surface area contributed by atoms with Crippen molar-refractivity contribution < 1.29 is 14.4 Å². The topological polar surface area (TPSA) is 91.4 Å². The molecule has 142 valence electrons. The first kappa shape index (κ1) is 17.9. The van der Waals surface area contributed by atoms with Crippen LogP contribution in [0.4, 0.5) is 10.5 Å². The smallest absolute Gasteiger partial charge is 0.325 e. The molecule has 1 aliphatic heterocycles. The van der Waals surface area contributed by atoms with Crippen molar-refractivity contribution in [2.75, 3.05) is 11.9 Å². The van der Waals surface area contributed by atoms with Crippen LogP contribution in [0.2, 0.25) is 0 Å². The molecule has 2 heterocycles. The molecular formula is C19H22N4O3S. The van der Waals surface area contributed by atoms with Crippen LogP contribution in [0.3, 0.4) is 0 Å². The molecule has 7 nitrogen and oxygen atoms in total. The zero-order chi connectivity index (χ0) is 19.0. The second-order valence-corrected chi connectivity index (χ2v) is 8.48. The molecule has 8 heteroatoms. The molecule has 2 aliphatic rings. The number of benzene rings is 1. The third-order valence-corrected chi connectivity index (χ3v) is 6.20. The van der Waals surface area contributed by atoms with E-state index in [1.165, 1.54) is 4.90 Å². The van der Waals surface area contributed by atoms with E-state index in [-0.39, 0.29) is 30.8 Å². The van der Waals surface area contributed by atoms with E-state index < -0.39 is 5.54 Å². The fraction of sp³-hybridized carbons (Fsp3) is 0.474. The highest BCUT2D eigenvalue weighted by Gasteiger charge is 2.51. The minimum atomic E-state index is -0.679. The van der Waals surface area contributed by atoms with Crippen molar-refractivity contribution in [3.63, 3.8) is 0 Å².